The molecule has 0 bridgehead atoms. The van der Waals surface area contributed by atoms with Gasteiger partial charge in [0.25, 0.3) is 5.91 Å². The third-order valence-electron chi connectivity index (χ3n) is 2.89. The van der Waals surface area contributed by atoms with E-state index in [2.05, 4.69) is 26.2 Å². The number of hydrogen-bond donors (Lipinski definition) is 1. The Balaban J connectivity index is 1.75. The van der Waals surface area contributed by atoms with Crippen LogP contribution in [0.4, 0.5) is 0 Å². The van der Waals surface area contributed by atoms with Crippen LogP contribution in [0.2, 0.25) is 0 Å². The van der Waals surface area contributed by atoms with E-state index in [1.165, 1.54) is 0 Å². The first-order chi connectivity index (χ1) is 9.61. The second-order valence-corrected chi connectivity index (χ2v) is 6.42. The van der Waals surface area contributed by atoms with Crippen molar-refractivity contribution in [1.82, 2.24) is 14.7 Å². The maximum Gasteiger partial charge on any atom is 0.271 e. The van der Waals surface area contributed by atoms with Gasteiger partial charge in [-0.3, -0.25) is 4.79 Å². The van der Waals surface area contributed by atoms with Gasteiger partial charge < -0.3 is 9.72 Å². The van der Waals surface area contributed by atoms with Crippen LogP contribution in [0.3, 0.4) is 0 Å². The van der Waals surface area contributed by atoms with Crippen molar-refractivity contribution in [2.75, 3.05) is 0 Å². The molecule has 0 unspecified atom stereocenters. The zero-order valence-electron chi connectivity index (χ0n) is 10.8. The van der Waals surface area contributed by atoms with Gasteiger partial charge >= 0.3 is 0 Å². The number of rotatable bonds is 3. The van der Waals surface area contributed by atoms with Crippen molar-refractivity contribution in [3.8, 4) is 0 Å². The summed E-state index contributed by atoms with van der Waals surface area (Å²) in [5.74, 6) is -0.157. The van der Waals surface area contributed by atoms with Crippen LogP contribution < -0.4 is 5.32 Å². The van der Waals surface area contributed by atoms with Crippen LogP contribution in [0, 0.1) is 6.92 Å². The number of imidazole rings is 1. The van der Waals surface area contributed by atoms with E-state index < -0.39 is 0 Å². The normalized spacial score (nSPS) is 10.9. The maximum absolute atomic E-state index is 12.1. The Hall–Kier alpha value is -1.66. The molecule has 6 heteroatoms. The second kappa shape index (κ2) is 5.38. The lowest BCUT2D eigenvalue weighted by atomic mass is 10.3. The Bertz CT molecular complexity index is 778. The monoisotopic (exact) mass is 349 g/mol. The molecule has 0 saturated heterocycles. The molecule has 3 aromatic heterocycles. The van der Waals surface area contributed by atoms with Crippen molar-refractivity contribution < 1.29 is 4.79 Å². The minimum atomic E-state index is -0.157. The van der Waals surface area contributed by atoms with Gasteiger partial charge in [0.15, 0.2) is 0 Å². The zero-order chi connectivity index (χ0) is 14.1. The summed E-state index contributed by atoms with van der Waals surface area (Å²) in [6.45, 7) is 2.52. The van der Waals surface area contributed by atoms with Crippen LogP contribution >= 0.6 is 27.3 Å². The predicted octanol–water partition coefficient (Wildman–Crippen LogP) is 3.40. The first-order valence-corrected chi connectivity index (χ1v) is 7.75. The van der Waals surface area contributed by atoms with Gasteiger partial charge in [0.2, 0.25) is 0 Å². The fraction of sp³-hybridized carbons (Fsp3) is 0.143. The average Bonchev–Trinajstić information content (AvgIpc) is 3.01. The van der Waals surface area contributed by atoms with Crippen LogP contribution in [-0.4, -0.2) is 15.3 Å². The van der Waals surface area contributed by atoms with Crippen molar-refractivity contribution in [3.63, 3.8) is 0 Å². The van der Waals surface area contributed by atoms with Gasteiger partial charge in [-0.15, -0.1) is 11.3 Å². The van der Waals surface area contributed by atoms with Gasteiger partial charge in [-0.1, -0.05) is 0 Å². The zero-order valence-corrected chi connectivity index (χ0v) is 13.2. The van der Waals surface area contributed by atoms with Gasteiger partial charge in [0.1, 0.15) is 11.3 Å². The fourth-order valence-electron chi connectivity index (χ4n) is 1.90. The number of halogens is 1. The molecule has 102 valence electrons. The van der Waals surface area contributed by atoms with E-state index in [4.69, 9.17) is 0 Å². The lowest BCUT2D eigenvalue weighted by molar-refractivity contribution is 0.0947. The van der Waals surface area contributed by atoms with E-state index in [0.29, 0.717) is 12.2 Å². The molecule has 0 aliphatic heterocycles. The van der Waals surface area contributed by atoms with Gasteiger partial charge in [-0.2, -0.15) is 0 Å². The second-order valence-electron chi connectivity index (χ2n) is 4.51. The number of nitrogens with zero attached hydrogens (tertiary/aromatic N) is 2. The van der Waals surface area contributed by atoms with Crippen molar-refractivity contribution in [3.05, 3.63) is 56.6 Å². The van der Waals surface area contributed by atoms with Gasteiger partial charge in [-0.05, 0) is 46.6 Å². The lowest BCUT2D eigenvalue weighted by Crippen LogP contribution is -2.22. The molecule has 0 aliphatic rings. The number of amides is 1. The Morgan fingerprint density at radius 1 is 1.50 bits per heavy atom. The molecule has 3 heterocycles. The molecule has 1 N–H and O–H groups in total. The molecule has 0 aliphatic carbocycles. The highest BCUT2D eigenvalue weighted by Crippen LogP contribution is 2.19. The number of carbonyl (C=O) groups excluding carboxylic acids is 1. The number of aromatic nitrogens is 2. The number of fused-ring (bicyclic) bond motifs is 1. The molecule has 3 aromatic rings. The Kier molecular flexibility index (Phi) is 3.58. The topological polar surface area (TPSA) is 46.4 Å². The average molecular weight is 350 g/mol. The fourth-order valence-corrected chi connectivity index (χ4v) is 3.29. The van der Waals surface area contributed by atoms with E-state index >= 15 is 0 Å². The van der Waals surface area contributed by atoms with Crippen molar-refractivity contribution >= 4 is 38.8 Å². The lowest BCUT2D eigenvalue weighted by Gasteiger charge is -1.99. The SMILES string of the molecule is Cc1ccn2cc(C(=O)NCc3cc(Br)cs3)nc2c1. The minimum Gasteiger partial charge on any atom is -0.346 e. The molecule has 0 spiro atoms. The van der Waals surface area contributed by atoms with Crippen LogP contribution in [0.15, 0.2) is 40.4 Å². The van der Waals surface area contributed by atoms with Crippen molar-refractivity contribution in [1.29, 1.82) is 0 Å². The first kappa shape index (κ1) is 13.3. The van der Waals surface area contributed by atoms with Crippen LogP contribution in [0.5, 0.6) is 0 Å². The first-order valence-electron chi connectivity index (χ1n) is 6.08. The summed E-state index contributed by atoms with van der Waals surface area (Å²) in [6, 6.07) is 5.94. The highest BCUT2D eigenvalue weighted by atomic mass is 79.9. The van der Waals surface area contributed by atoms with E-state index in [0.717, 1.165) is 20.6 Å². The minimum absolute atomic E-state index is 0.157. The smallest absolute Gasteiger partial charge is 0.271 e. The van der Waals surface area contributed by atoms with Gasteiger partial charge in [0, 0.05) is 27.1 Å². The van der Waals surface area contributed by atoms with E-state index in [9.17, 15) is 4.79 Å². The summed E-state index contributed by atoms with van der Waals surface area (Å²) in [6.07, 6.45) is 3.65. The molecule has 0 aromatic carbocycles. The summed E-state index contributed by atoms with van der Waals surface area (Å²) >= 11 is 5.00. The molecular formula is C14H12BrN3OS. The summed E-state index contributed by atoms with van der Waals surface area (Å²) < 4.78 is 2.89. The summed E-state index contributed by atoms with van der Waals surface area (Å²) in [5.41, 5.74) is 2.35. The van der Waals surface area contributed by atoms with E-state index in [1.54, 1.807) is 17.5 Å². The molecule has 0 radical (unpaired) electrons. The third kappa shape index (κ3) is 2.76. The number of aryl methyl sites for hydroxylation is 1. The molecule has 1 amide bonds. The van der Waals surface area contributed by atoms with Crippen LogP contribution in [0.25, 0.3) is 5.65 Å². The number of hydrogen-bond acceptors (Lipinski definition) is 3. The largest absolute Gasteiger partial charge is 0.346 e. The molecule has 3 rings (SSSR count). The molecule has 0 fully saturated rings. The van der Waals surface area contributed by atoms with Crippen LogP contribution in [-0.2, 0) is 6.54 Å². The quantitative estimate of drug-likeness (QED) is 0.787. The van der Waals surface area contributed by atoms with E-state index in [-0.39, 0.29) is 5.91 Å². The maximum atomic E-state index is 12.1. The van der Waals surface area contributed by atoms with Gasteiger partial charge in [0.05, 0.1) is 6.54 Å². The number of carbonyl (C=O) groups is 1. The summed E-state index contributed by atoms with van der Waals surface area (Å²) in [5, 5.41) is 4.87. The standard InChI is InChI=1S/C14H12BrN3OS/c1-9-2-3-18-7-12(17-13(18)4-9)14(19)16-6-11-5-10(15)8-20-11/h2-5,7-8H,6H2,1H3,(H,16,19). The summed E-state index contributed by atoms with van der Waals surface area (Å²) in [4.78, 5) is 17.5. The number of thiophene rings is 1. The molecule has 0 atom stereocenters. The molecule has 4 nitrogen and oxygen atoms in total. The molecule has 20 heavy (non-hydrogen) atoms. The Morgan fingerprint density at radius 3 is 3.10 bits per heavy atom. The van der Waals surface area contributed by atoms with Crippen LogP contribution in [0.1, 0.15) is 20.9 Å². The highest BCUT2D eigenvalue weighted by molar-refractivity contribution is 9.10. The predicted molar refractivity (Wildman–Crippen MR) is 83.1 cm³/mol. The van der Waals surface area contributed by atoms with E-state index in [1.807, 2.05) is 41.1 Å². The Morgan fingerprint density at radius 2 is 2.35 bits per heavy atom. The Labute approximate surface area is 128 Å². The highest BCUT2D eigenvalue weighted by Gasteiger charge is 2.10. The van der Waals surface area contributed by atoms with Gasteiger partial charge in [-0.25, -0.2) is 4.98 Å². The van der Waals surface area contributed by atoms with Crippen molar-refractivity contribution in [2.45, 2.75) is 13.5 Å². The molecular weight excluding hydrogens is 338 g/mol. The summed E-state index contributed by atoms with van der Waals surface area (Å²) in [7, 11) is 0. The third-order valence-corrected chi connectivity index (χ3v) is 4.59. The van der Waals surface area contributed by atoms with Crippen molar-refractivity contribution in [2.24, 2.45) is 0 Å². The number of pyridine rings is 1. The number of nitrogens with one attached hydrogen (secondary N) is 1. The molecule has 0 saturated carbocycles.